The van der Waals surface area contributed by atoms with Crippen LogP contribution in [0.3, 0.4) is 0 Å². The average Bonchev–Trinajstić information content (AvgIpc) is 3.24. The Morgan fingerprint density at radius 2 is 1.95 bits per heavy atom. The summed E-state index contributed by atoms with van der Waals surface area (Å²) in [5.74, 6) is 0. The summed E-state index contributed by atoms with van der Waals surface area (Å²) in [6, 6.07) is 11.1. The van der Waals surface area contributed by atoms with Gasteiger partial charge in [-0.3, -0.25) is 4.90 Å². The van der Waals surface area contributed by atoms with Crippen LogP contribution in [0.2, 0.25) is 0 Å². The lowest BCUT2D eigenvalue weighted by molar-refractivity contribution is 0.156. The molecule has 0 aromatic heterocycles. The molecule has 2 heteroatoms. The predicted molar refractivity (Wildman–Crippen MR) is 85.0 cm³/mol. The van der Waals surface area contributed by atoms with E-state index in [0.29, 0.717) is 12.1 Å². The van der Waals surface area contributed by atoms with Gasteiger partial charge in [-0.15, -0.1) is 0 Å². The van der Waals surface area contributed by atoms with Crippen molar-refractivity contribution in [3.63, 3.8) is 0 Å². The van der Waals surface area contributed by atoms with Crippen LogP contribution < -0.4 is 5.32 Å². The predicted octanol–water partition coefficient (Wildman–Crippen LogP) is 3.53. The molecule has 0 saturated heterocycles. The molecule has 1 saturated carbocycles. The zero-order valence-electron chi connectivity index (χ0n) is 12.9. The number of nitrogens with one attached hydrogen (secondary N) is 1. The summed E-state index contributed by atoms with van der Waals surface area (Å²) in [7, 11) is 0. The fourth-order valence-corrected chi connectivity index (χ4v) is 3.71. The Bertz CT molecular complexity index is 439. The van der Waals surface area contributed by atoms with E-state index in [1.54, 1.807) is 11.1 Å². The third-order valence-electron chi connectivity index (χ3n) is 4.74. The Balaban J connectivity index is 1.82. The van der Waals surface area contributed by atoms with Crippen molar-refractivity contribution in [1.29, 1.82) is 0 Å². The largest absolute Gasteiger partial charge is 0.309 e. The highest BCUT2D eigenvalue weighted by atomic mass is 15.2. The number of benzene rings is 1. The van der Waals surface area contributed by atoms with E-state index in [9.17, 15) is 0 Å². The van der Waals surface area contributed by atoms with Gasteiger partial charge in [0.1, 0.15) is 0 Å². The van der Waals surface area contributed by atoms with Gasteiger partial charge in [-0.1, -0.05) is 38.1 Å². The molecule has 0 heterocycles. The van der Waals surface area contributed by atoms with Crippen molar-refractivity contribution in [1.82, 2.24) is 10.2 Å². The summed E-state index contributed by atoms with van der Waals surface area (Å²) in [6.45, 7) is 6.95. The third kappa shape index (κ3) is 2.77. The highest BCUT2D eigenvalue weighted by Crippen LogP contribution is 2.39. The molecule has 2 unspecified atom stereocenters. The lowest BCUT2D eigenvalue weighted by atomic mass is 10.1. The molecule has 1 aromatic rings. The van der Waals surface area contributed by atoms with Crippen LogP contribution in [-0.2, 0) is 6.42 Å². The van der Waals surface area contributed by atoms with Gasteiger partial charge in [-0.2, -0.15) is 0 Å². The molecule has 2 aliphatic rings. The fourth-order valence-electron chi connectivity index (χ4n) is 3.71. The molecule has 0 radical (unpaired) electrons. The standard InChI is InChI=1S/C18H28N2/c1-3-11-19-18-16-8-6-5-7-14(16)13-17(18)20(12-4-2)15-9-10-15/h5-8,15,17-19H,3-4,9-13H2,1-2H3. The summed E-state index contributed by atoms with van der Waals surface area (Å²) in [5.41, 5.74) is 3.11. The average molecular weight is 272 g/mol. The van der Waals surface area contributed by atoms with Gasteiger partial charge in [-0.05, 0) is 56.3 Å². The van der Waals surface area contributed by atoms with Crippen LogP contribution in [0.5, 0.6) is 0 Å². The van der Waals surface area contributed by atoms with Crippen LogP contribution in [0.25, 0.3) is 0 Å². The molecule has 0 amide bonds. The zero-order chi connectivity index (χ0) is 13.9. The lowest BCUT2D eigenvalue weighted by Crippen LogP contribution is -2.44. The summed E-state index contributed by atoms with van der Waals surface area (Å²) >= 11 is 0. The number of nitrogens with zero attached hydrogens (tertiary/aromatic N) is 1. The zero-order valence-corrected chi connectivity index (χ0v) is 12.9. The number of hydrogen-bond acceptors (Lipinski definition) is 2. The Morgan fingerprint density at radius 3 is 2.65 bits per heavy atom. The molecule has 2 aliphatic carbocycles. The van der Waals surface area contributed by atoms with Crippen molar-refractivity contribution in [3.05, 3.63) is 35.4 Å². The van der Waals surface area contributed by atoms with Gasteiger partial charge < -0.3 is 5.32 Å². The number of rotatable bonds is 7. The third-order valence-corrected chi connectivity index (χ3v) is 4.74. The molecule has 1 aromatic carbocycles. The first-order chi connectivity index (χ1) is 9.85. The Labute approximate surface area is 123 Å². The topological polar surface area (TPSA) is 15.3 Å². The highest BCUT2D eigenvalue weighted by Gasteiger charge is 2.41. The summed E-state index contributed by atoms with van der Waals surface area (Å²) in [6.07, 6.45) is 6.53. The SMILES string of the molecule is CCCNC1c2ccccc2CC1N(CCC)C1CC1. The second-order valence-corrected chi connectivity index (χ2v) is 6.37. The molecule has 2 atom stereocenters. The molecular weight excluding hydrogens is 244 g/mol. The van der Waals surface area contributed by atoms with Gasteiger partial charge in [0, 0.05) is 18.1 Å². The smallest absolute Gasteiger partial charge is 0.0484 e. The summed E-state index contributed by atoms with van der Waals surface area (Å²) < 4.78 is 0. The normalized spacial score (nSPS) is 25.1. The van der Waals surface area contributed by atoms with Crippen LogP contribution in [-0.4, -0.2) is 30.1 Å². The van der Waals surface area contributed by atoms with Crippen molar-refractivity contribution in [2.24, 2.45) is 0 Å². The second-order valence-electron chi connectivity index (χ2n) is 6.37. The van der Waals surface area contributed by atoms with Gasteiger partial charge in [0.15, 0.2) is 0 Å². The Kier molecular flexibility index (Phi) is 4.42. The minimum Gasteiger partial charge on any atom is -0.309 e. The number of hydrogen-bond donors (Lipinski definition) is 1. The maximum atomic E-state index is 3.82. The van der Waals surface area contributed by atoms with Gasteiger partial charge in [0.2, 0.25) is 0 Å². The van der Waals surface area contributed by atoms with Crippen LogP contribution in [0.4, 0.5) is 0 Å². The van der Waals surface area contributed by atoms with Crippen LogP contribution in [0.15, 0.2) is 24.3 Å². The van der Waals surface area contributed by atoms with Gasteiger partial charge in [-0.25, -0.2) is 0 Å². The molecule has 3 rings (SSSR count). The molecule has 20 heavy (non-hydrogen) atoms. The fraction of sp³-hybridized carbons (Fsp3) is 0.667. The Morgan fingerprint density at radius 1 is 1.15 bits per heavy atom. The maximum absolute atomic E-state index is 3.82. The highest BCUT2D eigenvalue weighted by molar-refractivity contribution is 5.37. The first-order valence-electron chi connectivity index (χ1n) is 8.42. The van der Waals surface area contributed by atoms with E-state index in [0.717, 1.165) is 12.6 Å². The van der Waals surface area contributed by atoms with Gasteiger partial charge in [0.25, 0.3) is 0 Å². The van der Waals surface area contributed by atoms with Crippen LogP contribution >= 0.6 is 0 Å². The molecular formula is C18H28N2. The van der Waals surface area contributed by atoms with E-state index in [1.165, 1.54) is 38.6 Å². The van der Waals surface area contributed by atoms with Gasteiger partial charge in [0.05, 0.1) is 0 Å². The Hall–Kier alpha value is -0.860. The molecule has 0 spiro atoms. The van der Waals surface area contributed by atoms with Gasteiger partial charge >= 0.3 is 0 Å². The quantitative estimate of drug-likeness (QED) is 0.817. The molecule has 2 nitrogen and oxygen atoms in total. The number of fused-ring (bicyclic) bond motifs is 1. The van der Waals surface area contributed by atoms with E-state index >= 15 is 0 Å². The molecule has 0 bridgehead atoms. The maximum Gasteiger partial charge on any atom is 0.0484 e. The second kappa shape index (κ2) is 6.28. The van der Waals surface area contributed by atoms with Crippen LogP contribution in [0, 0.1) is 0 Å². The molecule has 110 valence electrons. The van der Waals surface area contributed by atoms with Crippen molar-refractivity contribution >= 4 is 0 Å². The van der Waals surface area contributed by atoms with E-state index in [2.05, 4.69) is 48.3 Å². The monoisotopic (exact) mass is 272 g/mol. The van der Waals surface area contributed by atoms with Crippen molar-refractivity contribution < 1.29 is 0 Å². The first kappa shape index (κ1) is 14.1. The molecule has 1 N–H and O–H groups in total. The van der Waals surface area contributed by atoms with E-state index in [4.69, 9.17) is 0 Å². The molecule has 1 fully saturated rings. The minimum absolute atomic E-state index is 0.540. The first-order valence-corrected chi connectivity index (χ1v) is 8.42. The summed E-state index contributed by atoms with van der Waals surface area (Å²) in [5, 5.41) is 3.82. The van der Waals surface area contributed by atoms with Crippen molar-refractivity contribution in [2.75, 3.05) is 13.1 Å². The van der Waals surface area contributed by atoms with E-state index < -0.39 is 0 Å². The van der Waals surface area contributed by atoms with Crippen molar-refractivity contribution in [3.8, 4) is 0 Å². The summed E-state index contributed by atoms with van der Waals surface area (Å²) in [4.78, 5) is 2.80. The van der Waals surface area contributed by atoms with E-state index in [1.807, 2.05) is 0 Å². The lowest BCUT2D eigenvalue weighted by Gasteiger charge is -2.34. The van der Waals surface area contributed by atoms with Crippen LogP contribution in [0.1, 0.15) is 56.7 Å². The minimum atomic E-state index is 0.540. The van der Waals surface area contributed by atoms with E-state index in [-0.39, 0.29) is 0 Å². The molecule has 0 aliphatic heterocycles. The van der Waals surface area contributed by atoms with Crippen molar-refractivity contribution in [2.45, 2.75) is 64.1 Å².